The van der Waals surface area contributed by atoms with E-state index < -0.39 is 0 Å². The first-order valence-corrected chi connectivity index (χ1v) is 13.4. The molecule has 0 spiro atoms. The van der Waals surface area contributed by atoms with Crippen LogP contribution in [0.1, 0.15) is 47.3 Å². The number of fused-ring (bicyclic) bond motifs is 1. The lowest BCUT2D eigenvalue weighted by molar-refractivity contribution is -0.114. The molecule has 2 heterocycles. The summed E-state index contributed by atoms with van der Waals surface area (Å²) < 4.78 is 0. The number of benzene rings is 3. The minimum Gasteiger partial charge on any atom is -0.338 e. The number of thioether (sulfide) groups is 1. The van der Waals surface area contributed by atoms with Gasteiger partial charge in [-0.15, -0.1) is 0 Å². The van der Waals surface area contributed by atoms with E-state index in [1.54, 1.807) is 0 Å². The molecule has 2 amide bonds. The Morgan fingerprint density at radius 3 is 2.44 bits per heavy atom. The molecule has 2 atom stereocenters. The van der Waals surface area contributed by atoms with Gasteiger partial charge < -0.3 is 9.80 Å². The van der Waals surface area contributed by atoms with E-state index in [1.165, 1.54) is 11.8 Å². The van der Waals surface area contributed by atoms with Crippen LogP contribution in [0.15, 0.2) is 82.6 Å². The van der Waals surface area contributed by atoms with Crippen LogP contribution in [-0.2, 0) is 11.3 Å². The molecule has 1 saturated heterocycles. The smallest absolute Gasteiger partial charge is 0.265 e. The minimum absolute atomic E-state index is 0.0392. The highest BCUT2D eigenvalue weighted by molar-refractivity contribution is 8.04. The topological polar surface area (TPSA) is 40.6 Å². The van der Waals surface area contributed by atoms with Gasteiger partial charge in [-0.25, -0.2) is 0 Å². The number of aryl methyl sites for hydroxylation is 1. The van der Waals surface area contributed by atoms with Crippen molar-refractivity contribution in [1.82, 2.24) is 4.90 Å². The highest BCUT2D eigenvalue weighted by atomic mass is 32.2. The molecule has 0 radical (unpaired) electrons. The number of carbonyl (C=O) groups excluding carboxylic acids is 2. The molecular formula is C31H32N2O2S. The van der Waals surface area contributed by atoms with Gasteiger partial charge in [-0.2, -0.15) is 0 Å². The predicted octanol–water partition coefficient (Wildman–Crippen LogP) is 6.79. The van der Waals surface area contributed by atoms with E-state index in [0.717, 1.165) is 46.8 Å². The lowest BCUT2D eigenvalue weighted by Gasteiger charge is -2.35. The fourth-order valence-electron chi connectivity index (χ4n) is 5.31. The zero-order valence-electron chi connectivity index (χ0n) is 21.1. The highest BCUT2D eigenvalue weighted by Gasteiger charge is 2.32. The van der Waals surface area contributed by atoms with Gasteiger partial charge in [-0.3, -0.25) is 9.59 Å². The third-order valence-corrected chi connectivity index (χ3v) is 7.93. The summed E-state index contributed by atoms with van der Waals surface area (Å²) in [5.74, 6) is 1.00. The molecule has 0 saturated carbocycles. The molecular weight excluding hydrogens is 464 g/mol. The van der Waals surface area contributed by atoms with Crippen molar-refractivity contribution in [2.75, 3.05) is 18.0 Å². The van der Waals surface area contributed by atoms with Crippen LogP contribution in [0.4, 0.5) is 5.69 Å². The third kappa shape index (κ3) is 5.26. The van der Waals surface area contributed by atoms with Crippen LogP contribution >= 0.6 is 11.8 Å². The van der Waals surface area contributed by atoms with Gasteiger partial charge >= 0.3 is 0 Å². The van der Waals surface area contributed by atoms with Crippen molar-refractivity contribution >= 4 is 35.3 Å². The molecule has 5 rings (SSSR count). The molecule has 0 N–H and O–H groups in total. The van der Waals surface area contributed by atoms with Crippen molar-refractivity contribution in [3.05, 3.63) is 100.0 Å². The van der Waals surface area contributed by atoms with Crippen molar-refractivity contribution < 1.29 is 9.59 Å². The second kappa shape index (κ2) is 10.4. The molecule has 0 aliphatic carbocycles. The van der Waals surface area contributed by atoms with Crippen LogP contribution in [0.5, 0.6) is 0 Å². The Bertz CT molecular complexity index is 1310. The summed E-state index contributed by atoms with van der Waals surface area (Å²) >= 11 is 1.48. The van der Waals surface area contributed by atoms with Crippen molar-refractivity contribution in [2.24, 2.45) is 11.8 Å². The van der Waals surface area contributed by atoms with Gasteiger partial charge in [0.25, 0.3) is 11.8 Å². The maximum atomic E-state index is 13.8. The minimum atomic E-state index is -0.0392. The number of hydrogen-bond acceptors (Lipinski definition) is 3. The number of nitrogens with zero attached hydrogens (tertiary/aromatic N) is 2. The molecule has 2 aliphatic rings. The number of likely N-dealkylation sites (tertiary alicyclic amines) is 1. The molecule has 4 nitrogen and oxygen atoms in total. The number of rotatable bonds is 4. The maximum Gasteiger partial charge on any atom is 0.265 e. The Balaban J connectivity index is 1.52. The predicted molar refractivity (Wildman–Crippen MR) is 148 cm³/mol. The zero-order chi connectivity index (χ0) is 25.2. The molecule has 3 aromatic carbocycles. The fourth-order valence-corrected chi connectivity index (χ4v) is 6.34. The summed E-state index contributed by atoms with van der Waals surface area (Å²) in [7, 11) is 0. The number of hydrogen-bond donors (Lipinski definition) is 0. The summed E-state index contributed by atoms with van der Waals surface area (Å²) in [6.07, 6.45) is 3.11. The van der Waals surface area contributed by atoms with E-state index >= 15 is 0 Å². The fraction of sp³-hybridized carbons (Fsp3) is 0.290. The Hall–Kier alpha value is -3.31. The number of anilines is 1. The van der Waals surface area contributed by atoms with Crippen LogP contribution in [-0.4, -0.2) is 29.8 Å². The SMILES string of the molecule is Cc1cccc(CN2C(=O)C(=Cc3ccccc3)Sc3ccc(C(=O)N4CC(C)CC(C)C4)cc32)c1. The maximum absolute atomic E-state index is 13.8. The Labute approximate surface area is 218 Å². The molecule has 2 aliphatic heterocycles. The van der Waals surface area contributed by atoms with Gasteiger partial charge in [0, 0.05) is 23.5 Å². The molecule has 3 aromatic rings. The summed E-state index contributed by atoms with van der Waals surface area (Å²) in [6, 6.07) is 24.0. The average Bonchev–Trinajstić information content (AvgIpc) is 2.86. The lowest BCUT2D eigenvalue weighted by Crippen LogP contribution is -2.42. The number of piperidine rings is 1. The first-order chi connectivity index (χ1) is 17.4. The number of carbonyl (C=O) groups is 2. The molecule has 5 heteroatoms. The van der Waals surface area contributed by atoms with Crippen LogP contribution in [0.2, 0.25) is 0 Å². The van der Waals surface area contributed by atoms with Crippen molar-refractivity contribution in [3.8, 4) is 0 Å². The Morgan fingerprint density at radius 2 is 1.72 bits per heavy atom. The van der Waals surface area contributed by atoms with Gasteiger partial charge in [0.05, 0.1) is 17.1 Å². The number of amides is 2. The largest absolute Gasteiger partial charge is 0.338 e. The summed E-state index contributed by atoms with van der Waals surface area (Å²) in [5.41, 5.74) is 4.67. The third-order valence-electron chi connectivity index (χ3n) is 6.85. The second-order valence-electron chi connectivity index (χ2n) is 10.2. The zero-order valence-corrected chi connectivity index (χ0v) is 21.9. The van der Waals surface area contributed by atoms with Crippen molar-refractivity contribution in [1.29, 1.82) is 0 Å². The monoisotopic (exact) mass is 496 g/mol. The molecule has 0 aromatic heterocycles. The van der Waals surface area contributed by atoms with E-state index in [2.05, 4.69) is 32.9 Å². The van der Waals surface area contributed by atoms with E-state index in [0.29, 0.717) is 28.8 Å². The van der Waals surface area contributed by atoms with Crippen molar-refractivity contribution in [2.45, 2.75) is 38.6 Å². The summed E-state index contributed by atoms with van der Waals surface area (Å²) in [5, 5.41) is 0. The van der Waals surface area contributed by atoms with Crippen LogP contribution < -0.4 is 4.90 Å². The average molecular weight is 497 g/mol. The Kier molecular flexibility index (Phi) is 7.01. The molecule has 0 bridgehead atoms. The summed E-state index contributed by atoms with van der Waals surface area (Å²) in [4.78, 5) is 32.7. The molecule has 2 unspecified atom stereocenters. The molecule has 1 fully saturated rings. The summed E-state index contributed by atoms with van der Waals surface area (Å²) in [6.45, 7) is 8.50. The van der Waals surface area contributed by atoms with Crippen LogP contribution in [0, 0.1) is 18.8 Å². The van der Waals surface area contributed by atoms with Crippen molar-refractivity contribution in [3.63, 3.8) is 0 Å². The molecule has 184 valence electrons. The second-order valence-corrected chi connectivity index (χ2v) is 11.3. The van der Waals surface area contributed by atoms with Gasteiger partial charge in [-0.1, -0.05) is 85.8 Å². The highest BCUT2D eigenvalue weighted by Crippen LogP contribution is 2.43. The van der Waals surface area contributed by atoms with Gasteiger partial charge in [0.2, 0.25) is 0 Å². The van der Waals surface area contributed by atoms with Crippen LogP contribution in [0.25, 0.3) is 6.08 Å². The standard InChI is InChI=1S/C31H32N2O2S/c1-21-8-7-11-25(15-21)20-33-27-17-26(30(34)32-18-22(2)14-23(3)19-32)12-13-28(27)36-29(31(33)35)16-24-9-5-4-6-10-24/h4-13,15-17,22-23H,14,18-20H2,1-3H3. The van der Waals surface area contributed by atoms with E-state index in [1.807, 2.05) is 76.5 Å². The van der Waals surface area contributed by atoms with E-state index in [-0.39, 0.29) is 11.8 Å². The van der Waals surface area contributed by atoms with Crippen LogP contribution in [0.3, 0.4) is 0 Å². The first-order valence-electron chi connectivity index (χ1n) is 12.6. The quantitative estimate of drug-likeness (QED) is 0.373. The Morgan fingerprint density at radius 1 is 0.972 bits per heavy atom. The van der Waals surface area contributed by atoms with E-state index in [9.17, 15) is 9.59 Å². The lowest BCUT2D eigenvalue weighted by atomic mass is 9.91. The van der Waals surface area contributed by atoms with Gasteiger partial charge in [0.15, 0.2) is 0 Å². The normalized spacial score (nSPS) is 21.0. The van der Waals surface area contributed by atoms with Gasteiger partial charge in [-0.05, 0) is 60.6 Å². The first kappa shape index (κ1) is 24.4. The molecule has 36 heavy (non-hydrogen) atoms. The van der Waals surface area contributed by atoms with Gasteiger partial charge in [0.1, 0.15) is 0 Å². The van der Waals surface area contributed by atoms with E-state index in [4.69, 9.17) is 0 Å².